The van der Waals surface area contributed by atoms with Crippen LogP contribution in [0.15, 0.2) is 72.8 Å². The molecule has 0 heterocycles. The largest absolute Gasteiger partial charge is 0.489 e. The lowest BCUT2D eigenvalue weighted by Gasteiger charge is -2.08. The Morgan fingerprint density at radius 3 is 2.16 bits per heavy atom. The molecule has 5 heteroatoms. The smallest absolute Gasteiger partial charge is 0.343 e. The molecule has 3 rings (SSSR count). The monoisotopic (exact) mass is 340 g/mol. The summed E-state index contributed by atoms with van der Waals surface area (Å²) in [6.07, 6.45) is 0. The number of hydrogen-bond acceptors (Lipinski definition) is 3. The topological polar surface area (TPSA) is 35.5 Å². The molecule has 0 N–H and O–H groups in total. The summed E-state index contributed by atoms with van der Waals surface area (Å²) in [5.74, 6) is -1.98. The predicted octanol–water partition coefficient (Wildman–Crippen LogP) is 4.76. The molecular weight excluding hydrogens is 326 g/mol. The lowest BCUT2D eigenvalue weighted by Crippen LogP contribution is -2.09. The second-order valence-electron chi connectivity index (χ2n) is 5.26. The van der Waals surface area contributed by atoms with Crippen LogP contribution in [0.3, 0.4) is 0 Å². The summed E-state index contributed by atoms with van der Waals surface area (Å²) >= 11 is 0. The third-order valence-electron chi connectivity index (χ3n) is 3.44. The van der Waals surface area contributed by atoms with E-state index in [-0.39, 0.29) is 11.3 Å². The summed E-state index contributed by atoms with van der Waals surface area (Å²) < 4.78 is 36.8. The fraction of sp³-hybridized carbons (Fsp3) is 0.0500. The second-order valence-corrected chi connectivity index (χ2v) is 5.26. The Bertz CT molecular complexity index is 862. The van der Waals surface area contributed by atoms with Gasteiger partial charge in [-0.25, -0.2) is 13.6 Å². The molecule has 0 aliphatic rings. The molecule has 0 amide bonds. The zero-order valence-corrected chi connectivity index (χ0v) is 13.1. The highest BCUT2D eigenvalue weighted by Gasteiger charge is 2.12. The van der Waals surface area contributed by atoms with Gasteiger partial charge in [-0.3, -0.25) is 0 Å². The van der Waals surface area contributed by atoms with Crippen LogP contribution < -0.4 is 9.47 Å². The minimum atomic E-state index is -1.10. The van der Waals surface area contributed by atoms with Crippen LogP contribution in [0.2, 0.25) is 0 Å². The van der Waals surface area contributed by atoms with E-state index in [1.165, 1.54) is 0 Å². The van der Waals surface area contributed by atoms with E-state index in [0.29, 0.717) is 12.4 Å². The molecule has 3 aromatic carbocycles. The van der Waals surface area contributed by atoms with Gasteiger partial charge in [0.15, 0.2) is 11.6 Å². The Morgan fingerprint density at radius 2 is 1.48 bits per heavy atom. The molecule has 25 heavy (non-hydrogen) atoms. The molecule has 126 valence electrons. The maximum Gasteiger partial charge on any atom is 0.343 e. The maximum absolute atomic E-state index is 13.2. The van der Waals surface area contributed by atoms with Gasteiger partial charge in [-0.2, -0.15) is 0 Å². The molecule has 0 spiro atoms. The van der Waals surface area contributed by atoms with Crippen molar-refractivity contribution < 1.29 is 23.0 Å². The van der Waals surface area contributed by atoms with E-state index in [4.69, 9.17) is 9.47 Å². The SMILES string of the molecule is O=C(Oc1ccc(OCc2ccccc2)cc1)c1ccc(F)c(F)c1. The molecule has 0 aliphatic heterocycles. The van der Waals surface area contributed by atoms with E-state index >= 15 is 0 Å². The van der Waals surface area contributed by atoms with Crippen molar-refractivity contribution in [3.05, 3.63) is 95.6 Å². The van der Waals surface area contributed by atoms with Crippen molar-refractivity contribution in [3.8, 4) is 11.5 Å². The van der Waals surface area contributed by atoms with Crippen molar-refractivity contribution in [1.29, 1.82) is 0 Å². The van der Waals surface area contributed by atoms with Gasteiger partial charge in [-0.1, -0.05) is 30.3 Å². The first kappa shape index (κ1) is 16.6. The number of carbonyl (C=O) groups is 1. The molecule has 0 unspecified atom stereocenters. The van der Waals surface area contributed by atoms with Crippen LogP contribution in [0.4, 0.5) is 8.78 Å². The van der Waals surface area contributed by atoms with E-state index in [1.54, 1.807) is 24.3 Å². The average molecular weight is 340 g/mol. The first-order valence-electron chi connectivity index (χ1n) is 7.56. The van der Waals surface area contributed by atoms with E-state index in [2.05, 4.69) is 0 Å². The lowest BCUT2D eigenvalue weighted by molar-refractivity contribution is 0.0734. The number of halogens is 2. The molecule has 0 bridgehead atoms. The van der Waals surface area contributed by atoms with Crippen LogP contribution in [0.25, 0.3) is 0 Å². The van der Waals surface area contributed by atoms with Crippen LogP contribution in [-0.4, -0.2) is 5.97 Å². The fourth-order valence-corrected chi connectivity index (χ4v) is 2.13. The first-order valence-corrected chi connectivity index (χ1v) is 7.56. The molecule has 0 saturated heterocycles. The summed E-state index contributed by atoms with van der Waals surface area (Å²) in [4.78, 5) is 11.9. The minimum Gasteiger partial charge on any atom is -0.489 e. The Labute approximate surface area is 143 Å². The van der Waals surface area contributed by atoms with Gasteiger partial charge in [0.2, 0.25) is 0 Å². The predicted molar refractivity (Wildman–Crippen MR) is 88.5 cm³/mol. The molecule has 0 saturated carbocycles. The number of rotatable bonds is 5. The molecular formula is C20H14F2O3. The van der Waals surface area contributed by atoms with E-state index in [1.807, 2.05) is 30.3 Å². The summed E-state index contributed by atoms with van der Waals surface area (Å²) in [6, 6.07) is 19.0. The van der Waals surface area contributed by atoms with E-state index in [0.717, 1.165) is 23.8 Å². The quantitative estimate of drug-likeness (QED) is 0.496. The van der Waals surface area contributed by atoms with Gasteiger partial charge >= 0.3 is 5.97 Å². The summed E-state index contributed by atoms with van der Waals surface area (Å²) in [5.41, 5.74) is 0.972. The Hall–Kier alpha value is -3.21. The van der Waals surface area contributed by atoms with E-state index < -0.39 is 17.6 Å². The van der Waals surface area contributed by atoms with Crippen molar-refractivity contribution in [3.63, 3.8) is 0 Å². The van der Waals surface area contributed by atoms with Gasteiger partial charge in [0.05, 0.1) is 5.56 Å². The van der Waals surface area contributed by atoms with Gasteiger partial charge < -0.3 is 9.47 Å². The van der Waals surface area contributed by atoms with Crippen molar-refractivity contribution in [2.75, 3.05) is 0 Å². The van der Waals surface area contributed by atoms with Crippen molar-refractivity contribution in [2.24, 2.45) is 0 Å². The maximum atomic E-state index is 13.2. The summed E-state index contributed by atoms with van der Waals surface area (Å²) in [7, 11) is 0. The van der Waals surface area contributed by atoms with Gasteiger partial charge in [0, 0.05) is 0 Å². The van der Waals surface area contributed by atoms with Crippen LogP contribution in [0.1, 0.15) is 15.9 Å². The van der Waals surface area contributed by atoms with Gasteiger partial charge in [0.1, 0.15) is 18.1 Å². The molecule has 0 radical (unpaired) electrons. The highest BCUT2D eigenvalue weighted by atomic mass is 19.2. The number of ether oxygens (including phenoxy) is 2. The summed E-state index contributed by atoms with van der Waals surface area (Å²) in [5, 5.41) is 0. The number of benzene rings is 3. The van der Waals surface area contributed by atoms with Gasteiger partial charge in [-0.15, -0.1) is 0 Å². The fourth-order valence-electron chi connectivity index (χ4n) is 2.13. The van der Waals surface area contributed by atoms with Crippen molar-refractivity contribution in [1.82, 2.24) is 0 Å². The van der Waals surface area contributed by atoms with Crippen LogP contribution in [0.5, 0.6) is 11.5 Å². The third-order valence-corrected chi connectivity index (χ3v) is 3.44. The normalized spacial score (nSPS) is 10.3. The molecule has 0 aromatic heterocycles. The zero-order valence-electron chi connectivity index (χ0n) is 13.1. The highest BCUT2D eigenvalue weighted by Crippen LogP contribution is 2.20. The molecule has 0 fully saturated rings. The number of hydrogen-bond donors (Lipinski definition) is 0. The Morgan fingerprint density at radius 1 is 0.800 bits per heavy atom. The molecule has 0 atom stereocenters. The van der Waals surface area contributed by atoms with Gasteiger partial charge in [-0.05, 0) is 48.0 Å². The highest BCUT2D eigenvalue weighted by molar-refractivity contribution is 5.91. The van der Waals surface area contributed by atoms with Crippen LogP contribution >= 0.6 is 0 Å². The number of carbonyl (C=O) groups excluding carboxylic acids is 1. The summed E-state index contributed by atoms with van der Waals surface area (Å²) in [6.45, 7) is 0.425. The van der Waals surface area contributed by atoms with Crippen LogP contribution in [-0.2, 0) is 6.61 Å². The van der Waals surface area contributed by atoms with Crippen molar-refractivity contribution in [2.45, 2.75) is 6.61 Å². The standard InChI is InChI=1S/C20H14F2O3/c21-18-11-6-15(12-19(18)22)20(23)25-17-9-7-16(8-10-17)24-13-14-4-2-1-3-5-14/h1-12H,13H2. The third kappa shape index (κ3) is 4.41. The molecule has 3 nitrogen and oxygen atoms in total. The molecule has 3 aromatic rings. The van der Waals surface area contributed by atoms with Gasteiger partial charge in [0.25, 0.3) is 0 Å². The lowest BCUT2D eigenvalue weighted by atomic mass is 10.2. The first-order chi connectivity index (χ1) is 12.1. The van der Waals surface area contributed by atoms with Crippen LogP contribution in [0, 0.1) is 11.6 Å². The zero-order chi connectivity index (χ0) is 17.6. The average Bonchev–Trinajstić information content (AvgIpc) is 2.64. The van der Waals surface area contributed by atoms with Crippen molar-refractivity contribution >= 4 is 5.97 Å². The molecule has 0 aliphatic carbocycles. The Kier molecular flexibility index (Phi) is 5.04. The number of esters is 1. The minimum absolute atomic E-state index is 0.0664. The Balaban J connectivity index is 1.60. The second kappa shape index (κ2) is 7.57. The van der Waals surface area contributed by atoms with E-state index in [9.17, 15) is 13.6 Å².